The van der Waals surface area contributed by atoms with Gasteiger partial charge in [0.05, 0.1) is 6.61 Å². The van der Waals surface area contributed by atoms with Crippen LogP contribution in [0.4, 0.5) is 0 Å². The summed E-state index contributed by atoms with van der Waals surface area (Å²) in [4.78, 5) is 0.0152. The minimum atomic E-state index is 0.0152. The van der Waals surface area contributed by atoms with Crippen LogP contribution in [0.5, 0.6) is 0 Å². The Bertz CT molecular complexity index is 265. The molecule has 1 aromatic carbocycles. The highest BCUT2D eigenvalue weighted by Crippen LogP contribution is 2.35. The van der Waals surface area contributed by atoms with Crippen molar-refractivity contribution in [2.45, 2.75) is 18.3 Å². The Labute approximate surface area is 83.5 Å². The lowest BCUT2D eigenvalue weighted by Gasteiger charge is -2.21. The molecular formula is C11H14OS. The zero-order valence-electron chi connectivity index (χ0n) is 7.82. The number of thioether (sulfide) groups is 1. The van der Waals surface area contributed by atoms with Gasteiger partial charge in [-0.05, 0) is 12.5 Å². The second-order valence-corrected chi connectivity index (χ2v) is 5.05. The molecule has 0 spiro atoms. The number of rotatable bonds is 2. The molecule has 70 valence electrons. The molecule has 0 N–H and O–H groups in total. The Morgan fingerprint density at radius 1 is 1.38 bits per heavy atom. The molecule has 1 aliphatic rings. The van der Waals surface area contributed by atoms with Crippen LogP contribution in [0.2, 0.25) is 0 Å². The first-order valence-electron chi connectivity index (χ1n) is 4.60. The van der Waals surface area contributed by atoms with Crippen LogP contribution in [0, 0.1) is 0 Å². The molecule has 1 aliphatic heterocycles. The lowest BCUT2D eigenvalue weighted by Crippen LogP contribution is -2.22. The van der Waals surface area contributed by atoms with Crippen LogP contribution in [0.1, 0.15) is 12.5 Å². The molecule has 1 unspecified atom stereocenters. The van der Waals surface area contributed by atoms with E-state index in [4.69, 9.17) is 4.74 Å². The Hall–Kier alpha value is -0.470. The van der Waals surface area contributed by atoms with Crippen molar-refractivity contribution in [1.82, 2.24) is 0 Å². The molecule has 0 aromatic heterocycles. The summed E-state index contributed by atoms with van der Waals surface area (Å²) in [5.74, 6) is 1.13. The number of benzene rings is 1. The van der Waals surface area contributed by atoms with Crippen molar-refractivity contribution in [1.29, 1.82) is 0 Å². The van der Waals surface area contributed by atoms with Crippen LogP contribution in [-0.2, 0) is 11.2 Å². The maximum Gasteiger partial charge on any atom is 0.115 e. The summed E-state index contributed by atoms with van der Waals surface area (Å²) < 4.78 is 5.71. The molecule has 2 rings (SSSR count). The third-order valence-electron chi connectivity index (χ3n) is 2.27. The van der Waals surface area contributed by atoms with E-state index in [0.717, 1.165) is 18.8 Å². The normalized spacial score (nSPS) is 27.8. The summed E-state index contributed by atoms with van der Waals surface area (Å²) in [6, 6.07) is 10.5. The molecule has 1 nitrogen and oxygen atoms in total. The SMILES string of the molecule is CC1(Cc2ccccc2)OCCS1. The zero-order chi connectivity index (χ0) is 9.15. The fraction of sp³-hybridized carbons (Fsp3) is 0.455. The topological polar surface area (TPSA) is 9.23 Å². The molecule has 2 heteroatoms. The predicted molar refractivity (Wildman–Crippen MR) is 57.0 cm³/mol. The third kappa shape index (κ3) is 2.26. The van der Waals surface area contributed by atoms with Gasteiger partial charge in [0.1, 0.15) is 4.93 Å². The van der Waals surface area contributed by atoms with Gasteiger partial charge in [-0.15, -0.1) is 11.8 Å². The summed E-state index contributed by atoms with van der Waals surface area (Å²) in [6.07, 6.45) is 1.01. The molecule has 13 heavy (non-hydrogen) atoms. The van der Waals surface area contributed by atoms with Gasteiger partial charge in [-0.1, -0.05) is 30.3 Å². The third-order valence-corrected chi connectivity index (χ3v) is 3.51. The van der Waals surface area contributed by atoms with Gasteiger partial charge in [-0.25, -0.2) is 0 Å². The fourth-order valence-corrected chi connectivity index (χ4v) is 2.66. The van der Waals surface area contributed by atoms with E-state index in [1.165, 1.54) is 5.56 Å². The molecule has 1 atom stereocenters. The molecule has 1 aromatic rings. The maximum atomic E-state index is 5.71. The molecule has 0 saturated carbocycles. The van der Waals surface area contributed by atoms with Crippen LogP contribution >= 0.6 is 11.8 Å². The molecule has 0 aliphatic carbocycles. The number of hydrogen-bond acceptors (Lipinski definition) is 2. The van der Waals surface area contributed by atoms with Crippen LogP contribution in [0.25, 0.3) is 0 Å². The summed E-state index contributed by atoms with van der Waals surface area (Å²) in [7, 11) is 0. The minimum absolute atomic E-state index is 0.0152. The Kier molecular flexibility index (Phi) is 2.61. The van der Waals surface area contributed by atoms with Gasteiger partial charge in [0.2, 0.25) is 0 Å². The Balaban J connectivity index is 2.05. The van der Waals surface area contributed by atoms with E-state index < -0.39 is 0 Å². The minimum Gasteiger partial charge on any atom is -0.363 e. The average molecular weight is 194 g/mol. The lowest BCUT2D eigenvalue weighted by atomic mass is 10.1. The first-order chi connectivity index (χ1) is 6.29. The summed E-state index contributed by atoms with van der Waals surface area (Å²) in [5.41, 5.74) is 1.36. The quantitative estimate of drug-likeness (QED) is 0.716. The molecular weight excluding hydrogens is 180 g/mol. The lowest BCUT2D eigenvalue weighted by molar-refractivity contribution is 0.0665. The van der Waals surface area contributed by atoms with Crippen molar-refractivity contribution >= 4 is 11.8 Å². The van der Waals surface area contributed by atoms with Gasteiger partial charge in [-0.2, -0.15) is 0 Å². The summed E-state index contributed by atoms with van der Waals surface area (Å²) in [6.45, 7) is 3.08. The number of ether oxygens (including phenoxy) is 1. The molecule has 0 radical (unpaired) electrons. The van der Waals surface area contributed by atoms with E-state index in [0.29, 0.717) is 0 Å². The van der Waals surface area contributed by atoms with Crippen LogP contribution in [0.15, 0.2) is 30.3 Å². The highest BCUT2D eigenvalue weighted by molar-refractivity contribution is 8.00. The van der Waals surface area contributed by atoms with Crippen molar-refractivity contribution < 1.29 is 4.74 Å². The molecule has 1 fully saturated rings. The fourth-order valence-electron chi connectivity index (χ4n) is 1.63. The predicted octanol–water partition coefficient (Wildman–Crippen LogP) is 2.71. The second kappa shape index (κ2) is 3.72. The Morgan fingerprint density at radius 3 is 2.77 bits per heavy atom. The van der Waals surface area contributed by atoms with Gasteiger partial charge < -0.3 is 4.74 Å². The van der Waals surface area contributed by atoms with Crippen molar-refractivity contribution in [3.05, 3.63) is 35.9 Å². The zero-order valence-corrected chi connectivity index (χ0v) is 8.64. The van der Waals surface area contributed by atoms with Gasteiger partial charge in [0.25, 0.3) is 0 Å². The molecule has 0 amide bonds. The van der Waals surface area contributed by atoms with Crippen LogP contribution in [0.3, 0.4) is 0 Å². The van der Waals surface area contributed by atoms with E-state index in [1.807, 2.05) is 11.8 Å². The second-order valence-electron chi connectivity index (χ2n) is 3.49. The first kappa shape index (κ1) is 9.10. The summed E-state index contributed by atoms with van der Waals surface area (Å²) >= 11 is 1.92. The van der Waals surface area contributed by atoms with E-state index in [9.17, 15) is 0 Å². The van der Waals surface area contributed by atoms with Crippen LogP contribution < -0.4 is 0 Å². The maximum absolute atomic E-state index is 5.71. The smallest absolute Gasteiger partial charge is 0.115 e. The molecule has 1 saturated heterocycles. The first-order valence-corrected chi connectivity index (χ1v) is 5.59. The van der Waals surface area contributed by atoms with Crippen LogP contribution in [-0.4, -0.2) is 17.3 Å². The van der Waals surface area contributed by atoms with E-state index in [2.05, 4.69) is 37.3 Å². The monoisotopic (exact) mass is 194 g/mol. The molecule has 0 bridgehead atoms. The molecule has 1 heterocycles. The van der Waals surface area contributed by atoms with Crippen molar-refractivity contribution in [3.63, 3.8) is 0 Å². The highest BCUT2D eigenvalue weighted by atomic mass is 32.2. The van der Waals surface area contributed by atoms with E-state index in [1.54, 1.807) is 0 Å². The van der Waals surface area contributed by atoms with Crippen molar-refractivity contribution in [3.8, 4) is 0 Å². The van der Waals surface area contributed by atoms with Gasteiger partial charge in [-0.3, -0.25) is 0 Å². The van der Waals surface area contributed by atoms with Crippen molar-refractivity contribution in [2.24, 2.45) is 0 Å². The highest BCUT2D eigenvalue weighted by Gasteiger charge is 2.30. The summed E-state index contributed by atoms with van der Waals surface area (Å²) in [5, 5.41) is 0. The average Bonchev–Trinajstić information content (AvgIpc) is 2.54. The van der Waals surface area contributed by atoms with Crippen molar-refractivity contribution in [2.75, 3.05) is 12.4 Å². The Morgan fingerprint density at radius 2 is 2.15 bits per heavy atom. The van der Waals surface area contributed by atoms with E-state index in [-0.39, 0.29) is 4.93 Å². The van der Waals surface area contributed by atoms with Gasteiger partial charge in [0, 0.05) is 12.2 Å². The van der Waals surface area contributed by atoms with Gasteiger partial charge >= 0.3 is 0 Å². The standard InChI is InChI=1S/C11H14OS/c1-11(12-7-8-13-11)9-10-5-3-2-4-6-10/h2-6H,7-9H2,1H3. The van der Waals surface area contributed by atoms with E-state index >= 15 is 0 Å². The number of hydrogen-bond donors (Lipinski definition) is 0. The largest absolute Gasteiger partial charge is 0.363 e. The van der Waals surface area contributed by atoms with Gasteiger partial charge in [0.15, 0.2) is 0 Å².